The van der Waals surface area contributed by atoms with Crippen molar-refractivity contribution in [2.24, 2.45) is 0 Å². The van der Waals surface area contributed by atoms with Crippen LogP contribution < -0.4 is 10.6 Å². The first-order valence-corrected chi connectivity index (χ1v) is 6.47. The zero-order valence-electron chi connectivity index (χ0n) is 10.6. The fourth-order valence-corrected chi connectivity index (χ4v) is 2.48. The standard InChI is InChI=1S/C12H14N4O2S/c1-7-10(19-6-14-7)5-16(2)11-8(13)3-4-9(15-11)12(17)18/h3-4,6H,5,13H2,1-2H3,(H,17,18). The highest BCUT2D eigenvalue weighted by Crippen LogP contribution is 2.23. The van der Waals surface area contributed by atoms with E-state index in [-0.39, 0.29) is 5.69 Å². The first-order chi connectivity index (χ1) is 8.99. The summed E-state index contributed by atoms with van der Waals surface area (Å²) in [4.78, 5) is 22.1. The average molecular weight is 278 g/mol. The minimum atomic E-state index is -1.07. The molecule has 0 aliphatic carbocycles. The molecule has 0 saturated heterocycles. The van der Waals surface area contributed by atoms with Crippen LogP contribution in [-0.2, 0) is 6.54 Å². The van der Waals surface area contributed by atoms with E-state index in [0.29, 0.717) is 18.1 Å². The van der Waals surface area contributed by atoms with Crippen LogP contribution in [-0.4, -0.2) is 28.1 Å². The number of aryl methyl sites for hydroxylation is 1. The van der Waals surface area contributed by atoms with Crippen molar-refractivity contribution >= 4 is 28.8 Å². The lowest BCUT2D eigenvalue weighted by Crippen LogP contribution is -2.20. The largest absolute Gasteiger partial charge is 0.477 e. The van der Waals surface area contributed by atoms with Crippen LogP contribution >= 0.6 is 11.3 Å². The molecule has 3 N–H and O–H groups in total. The highest BCUT2D eigenvalue weighted by molar-refractivity contribution is 7.09. The predicted molar refractivity (Wildman–Crippen MR) is 74.6 cm³/mol. The van der Waals surface area contributed by atoms with Crippen molar-refractivity contribution in [3.8, 4) is 0 Å². The molecule has 0 atom stereocenters. The Labute approximate surface area is 114 Å². The summed E-state index contributed by atoms with van der Waals surface area (Å²) in [5.74, 6) is -0.601. The molecule has 0 aliphatic rings. The van der Waals surface area contributed by atoms with E-state index < -0.39 is 5.97 Å². The first kappa shape index (κ1) is 13.3. The molecule has 2 aromatic rings. The molecule has 6 nitrogen and oxygen atoms in total. The molecular formula is C12H14N4O2S. The average Bonchev–Trinajstić information content (AvgIpc) is 2.75. The number of nitrogens with zero attached hydrogens (tertiary/aromatic N) is 3. The van der Waals surface area contributed by atoms with E-state index in [4.69, 9.17) is 10.8 Å². The second-order valence-corrected chi connectivity index (χ2v) is 5.07. The maximum atomic E-state index is 10.9. The second-order valence-electron chi connectivity index (χ2n) is 4.13. The van der Waals surface area contributed by atoms with E-state index in [1.807, 2.05) is 18.9 Å². The monoisotopic (exact) mass is 278 g/mol. The van der Waals surface area contributed by atoms with Crippen molar-refractivity contribution in [1.29, 1.82) is 0 Å². The van der Waals surface area contributed by atoms with E-state index >= 15 is 0 Å². The Hall–Kier alpha value is -2.15. The van der Waals surface area contributed by atoms with Crippen molar-refractivity contribution in [2.75, 3.05) is 17.7 Å². The molecule has 100 valence electrons. The van der Waals surface area contributed by atoms with Gasteiger partial charge in [0.1, 0.15) is 0 Å². The summed E-state index contributed by atoms with van der Waals surface area (Å²) < 4.78 is 0. The van der Waals surface area contributed by atoms with Crippen LogP contribution in [0.3, 0.4) is 0 Å². The number of hydrogen-bond acceptors (Lipinski definition) is 6. The molecule has 0 fully saturated rings. The van der Waals surface area contributed by atoms with Gasteiger partial charge in [0, 0.05) is 11.9 Å². The number of nitrogen functional groups attached to an aromatic ring is 1. The molecule has 19 heavy (non-hydrogen) atoms. The Balaban J connectivity index is 2.28. The van der Waals surface area contributed by atoms with Crippen LogP contribution in [0.4, 0.5) is 11.5 Å². The maximum absolute atomic E-state index is 10.9. The van der Waals surface area contributed by atoms with Crippen LogP contribution in [0.1, 0.15) is 21.1 Å². The van der Waals surface area contributed by atoms with Crippen molar-refractivity contribution in [2.45, 2.75) is 13.5 Å². The lowest BCUT2D eigenvalue weighted by Gasteiger charge is -2.19. The molecule has 0 unspecified atom stereocenters. The van der Waals surface area contributed by atoms with Gasteiger partial charge in [-0.3, -0.25) is 0 Å². The summed E-state index contributed by atoms with van der Waals surface area (Å²) in [6.45, 7) is 2.53. The van der Waals surface area contributed by atoms with Gasteiger partial charge in [-0.1, -0.05) is 0 Å². The van der Waals surface area contributed by atoms with Gasteiger partial charge in [0.15, 0.2) is 11.5 Å². The summed E-state index contributed by atoms with van der Waals surface area (Å²) in [6.07, 6.45) is 0. The number of carboxylic acid groups (broad SMARTS) is 1. The topological polar surface area (TPSA) is 92.3 Å². The first-order valence-electron chi connectivity index (χ1n) is 5.59. The molecule has 0 amide bonds. The number of carboxylic acids is 1. The van der Waals surface area contributed by atoms with Gasteiger partial charge < -0.3 is 15.7 Å². The third-order valence-corrected chi connectivity index (χ3v) is 3.63. The Bertz CT molecular complexity index is 612. The minimum Gasteiger partial charge on any atom is -0.477 e. The molecule has 2 heterocycles. The van der Waals surface area contributed by atoms with Crippen LogP contribution in [0.15, 0.2) is 17.6 Å². The Kier molecular flexibility index (Phi) is 3.66. The van der Waals surface area contributed by atoms with Gasteiger partial charge in [-0.25, -0.2) is 14.8 Å². The lowest BCUT2D eigenvalue weighted by molar-refractivity contribution is 0.0690. The number of anilines is 2. The number of hydrogen-bond donors (Lipinski definition) is 2. The minimum absolute atomic E-state index is 0.0166. The van der Waals surface area contributed by atoms with Crippen LogP contribution in [0.5, 0.6) is 0 Å². The summed E-state index contributed by atoms with van der Waals surface area (Å²) in [5.41, 5.74) is 9.03. The number of aromatic nitrogens is 2. The van der Waals surface area contributed by atoms with E-state index in [2.05, 4.69) is 9.97 Å². The number of aromatic carboxylic acids is 1. The summed E-state index contributed by atoms with van der Waals surface area (Å²) in [6, 6.07) is 2.95. The molecule has 2 rings (SSSR count). The molecular weight excluding hydrogens is 264 g/mol. The second kappa shape index (κ2) is 5.23. The zero-order valence-corrected chi connectivity index (χ0v) is 11.4. The van der Waals surface area contributed by atoms with E-state index in [0.717, 1.165) is 10.6 Å². The zero-order chi connectivity index (χ0) is 14.0. The Morgan fingerprint density at radius 3 is 2.84 bits per heavy atom. The fourth-order valence-electron chi connectivity index (χ4n) is 1.65. The summed E-state index contributed by atoms with van der Waals surface area (Å²) in [7, 11) is 1.82. The molecule has 0 spiro atoms. The molecule has 0 bridgehead atoms. The normalized spacial score (nSPS) is 10.4. The number of nitrogens with two attached hydrogens (primary N) is 1. The maximum Gasteiger partial charge on any atom is 0.354 e. The van der Waals surface area contributed by atoms with Gasteiger partial charge in [-0.15, -0.1) is 11.3 Å². The van der Waals surface area contributed by atoms with Crippen LogP contribution in [0.25, 0.3) is 0 Å². The molecule has 0 aromatic carbocycles. The highest BCUT2D eigenvalue weighted by Gasteiger charge is 2.14. The lowest BCUT2D eigenvalue weighted by atomic mass is 10.3. The Morgan fingerprint density at radius 2 is 2.26 bits per heavy atom. The molecule has 7 heteroatoms. The van der Waals surface area contributed by atoms with Gasteiger partial charge in [0.2, 0.25) is 0 Å². The van der Waals surface area contributed by atoms with E-state index in [1.54, 1.807) is 22.9 Å². The molecule has 0 saturated carbocycles. The van der Waals surface area contributed by atoms with Crippen LogP contribution in [0.2, 0.25) is 0 Å². The summed E-state index contributed by atoms with van der Waals surface area (Å²) >= 11 is 1.55. The van der Waals surface area contributed by atoms with E-state index in [9.17, 15) is 4.79 Å². The number of carbonyl (C=O) groups is 1. The third-order valence-electron chi connectivity index (χ3n) is 2.71. The van der Waals surface area contributed by atoms with Gasteiger partial charge in [0.25, 0.3) is 0 Å². The quantitative estimate of drug-likeness (QED) is 0.885. The summed E-state index contributed by atoms with van der Waals surface area (Å²) in [5, 5.41) is 8.95. The van der Waals surface area contributed by atoms with Gasteiger partial charge >= 0.3 is 5.97 Å². The van der Waals surface area contributed by atoms with Crippen LogP contribution in [0, 0.1) is 6.92 Å². The van der Waals surface area contributed by atoms with Gasteiger partial charge in [-0.2, -0.15) is 0 Å². The van der Waals surface area contributed by atoms with E-state index in [1.165, 1.54) is 6.07 Å². The number of pyridine rings is 1. The van der Waals surface area contributed by atoms with Gasteiger partial charge in [0.05, 0.1) is 23.4 Å². The Morgan fingerprint density at radius 1 is 1.53 bits per heavy atom. The molecule has 0 aliphatic heterocycles. The number of thiazole rings is 1. The SMILES string of the molecule is Cc1ncsc1CN(C)c1nc(C(=O)O)ccc1N. The third kappa shape index (κ3) is 2.82. The fraction of sp³-hybridized carbons (Fsp3) is 0.250. The van der Waals surface area contributed by atoms with Crippen molar-refractivity contribution in [3.05, 3.63) is 33.9 Å². The van der Waals surface area contributed by atoms with Crippen molar-refractivity contribution < 1.29 is 9.90 Å². The predicted octanol–water partition coefficient (Wildman–Crippen LogP) is 1.76. The smallest absolute Gasteiger partial charge is 0.354 e. The van der Waals surface area contributed by atoms with Gasteiger partial charge in [-0.05, 0) is 19.1 Å². The molecule has 2 aromatic heterocycles. The van der Waals surface area contributed by atoms with Crippen molar-refractivity contribution in [3.63, 3.8) is 0 Å². The molecule has 0 radical (unpaired) electrons. The van der Waals surface area contributed by atoms with Crippen molar-refractivity contribution in [1.82, 2.24) is 9.97 Å². The highest BCUT2D eigenvalue weighted by atomic mass is 32.1. The number of rotatable bonds is 4.